The van der Waals surface area contributed by atoms with Crippen LogP contribution in [-0.4, -0.2) is 23.5 Å². The highest BCUT2D eigenvalue weighted by Gasteiger charge is 2.29. The van der Waals surface area contributed by atoms with E-state index in [-0.39, 0.29) is 16.9 Å². The molecule has 0 saturated heterocycles. The van der Waals surface area contributed by atoms with Gasteiger partial charge in [0.1, 0.15) is 0 Å². The van der Waals surface area contributed by atoms with Crippen LogP contribution in [0.1, 0.15) is 54.9 Å². The molecule has 1 N–H and O–H groups in total. The Morgan fingerprint density at radius 1 is 1.18 bits per heavy atom. The van der Waals surface area contributed by atoms with Gasteiger partial charge in [0.25, 0.3) is 5.91 Å². The van der Waals surface area contributed by atoms with Gasteiger partial charge in [-0.3, -0.25) is 9.59 Å². The van der Waals surface area contributed by atoms with Crippen molar-refractivity contribution in [2.45, 2.75) is 66.5 Å². The largest absolute Gasteiger partial charge is 0.453 e. The monoisotopic (exact) mass is 243 g/mol. The molecule has 0 aliphatic carbocycles. The van der Waals surface area contributed by atoms with Gasteiger partial charge in [0.05, 0.1) is 0 Å². The number of nitrogens with one attached hydrogen (secondary N) is 1. The van der Waals surface area contributed by atoms with Gasteiger partial charge in [-0.2, -0.15) is 0 Å². The predicted octanol–water partition coefficient (Wildman–Crippen LogP) is 2.27. The van der Waals surface area contributed by atoms with Gasteiger partial charge in [0, 0.05) is 12.5 Å². The Kier molecular flexibility index (Phi) is 5.17. The number of amides is 1. The van der Waals surface area contributed by atoms with Gasteiger partial charge in [0.15, 0.2) is 6.10 Å². The summed E-state index contributed by atoms with van der Waals surface area (Å²) in [6.07, 6.45) is 0.102. The van der Waals surface area contributed by atoms with Crippen molar-refractivity contribution in [2.24, 2.45) is 5.41 Å². The number of ether oxygens (including phenoxy) is 1. The number of hydrogen-bond donors (Lipinski definition) is 1. The smallest absolute Gasteiger partial charge is 0.303 e. The molecule has 100 valence electrons. The second-order valence-corrected chi connectivity index (χ2v) is 6.36. The van der Waals surface area contributed by atoms with Crippen molar-refractivity contribution in [1.82, 2.24) is 5.32 Å². The summed E-state index contributed by atoms with van der Waals surface area (Å²) >= 11 is 0. The van der Waals surface area contributed by atoms with Crippen LogP contribution in [0.15, 0.2) is 0 Å². The number of esters is 1. The highest BCUT2D eigenvalue weighted by molar-refractivity contribution is 5.83. The lowest BCUT2D eigenvalue weighted by Gasteiger charge is -2.34. The zero-order valence-electron chi connectivity index (χ0n) is 12.0. The van der Waals surface area contributed by atoms with Crippen LogP contribution < -0.4 is 5.32 Å². The first-order chi connectivity index (χ1) is 7.43. The standard InChI is InChI=1S/C13H25NO3/c1-9(17-10(2)15)11(16)14-13(6,7)8-12(3,4)5/h9H,8H2,1-7H3,(H,14,16)/t9-/m0/s1. The average Bonchev–Trinajstić information content (AvgIpc) is 1.95. The van der Waals surface area contributed by atoms with E-state index >= 15 is 0 Å². The maximum absolute atomic E-state index is 11.8. The lowest BCUT2D eigenvalue weighted by Crippen LogP contribution is -2.49. The maximum atomic E-state index is 11.8. The Morgan fingerprint density at radius 2 is 1.65 bits per heavy atom. The molecular formula is C13H25NO3. The third kappa shape index (κ3) is 7.77. The van der Waals surface area contributed by atoms with E-state index in [0.29, 0.717) is 0 Å². The quantitative estimate of drug-likeness (QED) is 0.771. The summed E-state index contributed by atoms with van der Waals surface area (Å²) in [4.78, 5) is 22.5. The molecule has 0 aromatic rings. The molecule has 4 heteroatoms. The fourth-order valence-corrected chi connectivity index (χ4v) is 2.11. The van der Waals surface area contributed by atoms with E-state index < -0.39 is 12.1 Å². The zero-order valence-corrected chi connectivity index (χ0v) is 12.0. The lowest BCUT2D eigenvalue weighted by atomic mass is 9.81. The minimum absolute atomic E-state index is 0.126. The first-order valence-corrected chi connectivity index (χ1v) is 5.92. The topological polar surface area (TPSA) is 55.4 Å². The SMILES string of the molecule is CC(=O)O[C@@H](C)C(=O)NC(C)(C)CC(C)(C)C. The fourth-order valence-electron chi connectivity index (χ4n) is 2.11. The Balaban J connectivity index is 4.41. The Labute approximate surface area is 104 Å². The van der Waals surface area contributed by atoms with Crippen LogP contribution in [0.2, 0.25) is 0 Å². The van der Waals surface area contributed by atoms with E-state index in [2.05, 4.69) is 26.1 Å². The van der Waals surface area contributed by atoms with Crippen LogP contribution in [0.3, 0.4) is 0 Å². The van der Waals surface area contributed by atoms with Gasteiger partial charge >= 0.3 is 5.97 Å². The van der Waals surface area contributed by atoms with Crippen molar-refractivity contribution in [3.05, 3.63) is 0 Å². The minimum atomic E-state index is -0.744. The van der Waals surface area contributed by atoms with Crippen LogP contribution >= 0.6 is 0 Å². The van der Waals surface area contributed by atoms with Gasteiger partial charge in [-0.15, -0.1) is 0 Å². The van der Waals surface area contributed by atoms with Gasteiger partial charge < -0.3 is 10.1 Å². The predicted molar refractivity (Wildman–Crippen MR) is 67.5 cm³/mol. The summed E-state index contributed by atoms with van der Waals surface area (Å²) in [7, 11) is 0. The van der Waals surface area contributed by atoms with E-state index in [4.69, 9.17) is 4.74 Å². The zero-order chi connectivity index (χ0) is 13.9. The minimum Gasteiger partial charge on any atom is -0.453 e. The van der Waals surface area contributed by atoms with E-state index in [0.717, 1.165) is 6.42 Å². The van der Waals surface area contributed by atoms with Crippen molar-refractivity contribution < 1.29 is 14.3 Å². The molecule has 0 unspecified atom stereocenters. The highest BCUT2D eigenvalue weighted by Crippen LogP contribution is 2.26. The second kappa shape index (κ2) is 5.52. The molecule has 17 heavy (non-hydrogen) atoms. The summed E-state index contributed by atoms with van der Waals surface area (Å²) in [6, 6.07) is 0. The third-order valence-electron chi connectivity index (χ3n) is 2.15. The molecule has 4 nitrogen and oxygen atoms in total. The molecule has 0 spiro atoms. The summed E-state index contributed by atoms with van der Waals surface area (Å²) in [5, 5.41) is 2.90. The van der Waals surface area contributed by atoms with Crippen LogP contribution in [0.25, 0.3) is 0 Å². The van der Waals surface area contributed by atoms with Crippen molar-refractivity contribution in [2.75, 3.05) is 0 Å². The first kappa shape index (κ1) is 15.9. The molecule has 1 atom stereocenters. The number of hydrogen-bond acceptors (Lipinski definition) is 3. The van der Waals surface area contributed by atoms with E-state index in [9.17, 15) is 9.59 Å². The van der Waals surface area contributed by atoms with Gasteiger partial charge in [-0.1, -0.05) is 20.8 Å². The molecule has 0 radical (unpaired) electrons. The fraction of sp³-hybridized carbons (Fsp3) is 0.846. The molecule has 1 amide bonds. The van der Waals surface area contributed by atoms with Gasteiger partial charge in [-0.05, 0) is 32.6 Å². The molecule has 0 bridgehead atoms. The number of carbonyl (C=O) groups excluding carboxylic acids is 2. The van der Waals surface area contributed by atoms with Crippen LogP contribution in [0.4, 0.5) is 0 Å². The van der Waals surface area contributed by atoms with E-state index in [1.165, 1.54) is 6.92 Å². The van der Waals surface area contributed by atoms with Gasteiger partial charge in [-0.25, -0.2) is 0 Å². The first-order valence-electron chi connectivity index (χ1n) is 5.92. The molecule has 0 aliphatic rings. The van der Waals surface area contributed by atoms with E-state index in [1.807, 2.05) is 13.8 Å². The summed E-state index contributed by atoms with van der Waals surface area (Å²) < 4.78 is 4.84. The van der Waals surface area contributed by atoms with Gasteiger partial charge in [0.2, 0.25) is 0 Å². The maximum Gasteiger partial charge on any atom is 0.303 e. The van der Waals surface area contributed by atoms with Crippen molar-refractivity contribution >= 4 is 11.9 Å². The molecule has 0 aromatic heterocycles. The Hall–Kier alpha value is -1.06. The van der Waals surface area contributed by atoms with Crippen LogP contribution in [-0.2, 0) is 14.3 Å². The van der Waals surface area contributed by atoms with Crippen molar-refractivity contribution in [1.29, 1.82) is 0 Å². The highest BCUT2D eigenvalue weighted by atomic mass is 16.5. The van der Waals surface area contributed by atoms with Crippen molar-refractivity contribution in [3.8, 4) is 0 Å². The average molecular weight is 243 g/mol. The third-order valence-corrected chi connectivity index (χ3v) is 2.15. The van der Waals surface area contributed by atoms with Crippen molar-refractivity contribution in [3.63, 3.8) is 0 Å². The molecule has 0 aliphatic heterocycles. The lowest BCUT2D eigenvalue weighted by molar-refractivity contribution is -0.153. The summed E-state index contributed by atoms with van der Waals surface area (Å²) in [5.74, 6) is -0.698. The number of rotatable bonds is 4. The molecule has 0 rings (SSSR count). The van der Waals surface area contributed by atoms with Crippen LogP contribution in [0, 0.1) is 5.41 Å². The summed E-state index contributed by atoms with van der Waals surface area (Å²) in [5.41, 5.74) is -0.189. The molecule has 0 saturated carbocycles. The molecule has 0 fully saturated rings. The molecular weight excluding hydrogens is 218 g/mol. The van der Waals surface area contributed by atoms with Crippen LogP contribution in [0.5, 0.6) is 0 Å². The Morgan fingerprint density at radius 3 is 2.00 bits per heavy atom. The number of carbonyl (C=O) groups is 2. The molecule has 0 heterocycles. The van der Waals surface area contributed by atoms with E-state index in [1.54, 1.807) is 6.92 Å². The second-order valence-electron chi connectivity index (χ2n) is 6.36. The molecule has 0 aromatic carbocycles. The normalized spacial score (nSPS) is 14.1. The summed E-state index contributed by atoms with van der Waals surface area (Å²) in [6.45, 7) is 13.2. The Bertz CT molecular complexity index is 290.